The van der Waals surface area contributed by atoms with Gasteiger partial charge in [0.2, 0.25) is 0 Å². The number of carbonyl (C=O) groups is 1. The lowest BCUT2D eigenvalue weighted by Crippen LogP contribution is -2.20. The van der Waals surface area contributed by atoms with E-state index < -0.39 is 5.60 Å². The van der Waals surface area contributed by atoms with Gasteiger partial charge in [-0.1, -0.05) is 13.0 Å². The molecule has 82 valence electrons. The van der Waals surface area contributed by atoms with Gasteiger partial charge in [-0.2, -0.15) is 0 Å². The zero-order valence-corrected chi connectivity index (χ0v) is 9.55. The van der Waals surface area contributed by atoms with Crippen molar-refractivity contribution in [2.24, 2.45) is 5.41 Å². The van der Waals surface area contributed by atoms with Gasteiger partial charge in [-0.15, -0.1) is 6.58 Å². The summed E-state index contributed by atoms with van der Waals surface area (Å²) >= 11 is 0. The van der Waals surface area contributed by atoms with E-state index in [1.165, 1.54) is 0 Å². The van der Waals surface area contributed by atoms with Gasteiger partial charge in [-0.05, 0) is 38.5 Å². The summed E-state index contributed by atoms with van der Waals surface area (Å²) in [5, 5.41) is 9.52. The van der Waals surface area contributed by atoms with Gasteiger partial charge >= 0.3 is 0 Å². The highest BCUT2D eigenvalue weighted by Gasteiger charge is 2.21. The molecule has 0 aliphatic rings. The molecule has 0 fully saturated rings. The van der Waals surface area contributed by atoms with Crippen molar-refractivity contribution in [1.82, 2.24) is 0 Å². The van der Waals surface area contributed by atoms with E-state index in [2.05, 4.69) is 6.58 Å². The van der Waals surface area contributed by atoms with Crippen LogP contribution >= 0.6 is 0 Å². The van der Waals surface area contributed by atoms with Gasteiger partial charge in [0.05, 0.1) is 5.60 Å². The first-order valence-corrected chi connectivity index (χ1v) is 5.13. The van der Waals surface area contributed by atoms with Gasteiger partial charge in [0.25, 0.3) is 0 Å². The summed E-state index contributed by atoms with van der Waals surface area (Å²) in [6.07, 6.45) is 5.87. The molecule has 0 saturated carbocycles. The van der Waals surface area contributed by atoms with Gasteiger partial charge < -0.3 is 9.90 Å². The van der Waals surface area contributed by atoms with Crippen LogP contribution in [0.2, 0.25) is 0 Å². The first kappa shape index (κ1) is 13.4. The van der Waals surface area contributed by atoms with Crippen molar-refractivity contribution in [3.63, 3.8) is 0 Å². The van der Waals surface area contributed by atoms with Gasteiger partial charge in [0, 0.05) is 6.42 Å². The number of allylic oxidation sites excluding steroid dienone is 1. The fraction of sp³-hybridized carbons (Fsp3) is 0.750. The average molecular weight is 198 g/mol. The lowest BCUT2D eigenvalue weighted by atomic mass is 9.81. The molecule has 0 aliphatic heterocycles. The number of hydrogen-bond donors (Lipinski definition) is 1. The van der Waals surface area contributed by atoms with E-state index in [9.17, 15) is 9.90 Å². The minimum absolute atomic E-state index is 0.104. The van der Waals surface area contributed by atoms with Crippen LogP contribution in [0.25, 0.3) is 0 Å². The normalized spacial score (nSPS) is 16.0. The van der Waals surface area contributed by atoms with Crippen LogP contribution in [0, 0.1) is 5.41 Å². The number of aldehydes is 1. The van der Waals surface area contributed by atoms with Gasteiger partial charge in [-0.25, -0.2) is 0 Å². The summed E-state index contributed by atoms with van der Waals surface area (Å²) in [7, 11) is 0. The highest BCUT2D eigenvalue weighted by molar-refractivity contribution is 5.51. The molecule has 0 radical (unpaired) electrons. The molecule has 0 spiro atoms. The highest BCUT2D eigenvalue weighted by atomic mass is 16.3. The van der Waals surface area contributed by atoms with Crippen LogP contribution in [0.3, 0.4) is 0 Å². The second-order valence-electron chi connectivity index (χ2n) is 4.89. The molecule has 1 atom stereocenters. The minimum Gasteiger partial charge on any atom is -0.390 e. The van der Waals surface area contributed by atoms with E-state index in [4.69, 9.17) is 0 Å². The topological polar surface area (TPSA) is 37.3 Å². The third kappa shape index (κ3) is 5.92. The zero-order chi connectivity index (χ0) is 11.2. The summed E-state index contributed by atoms with van der Waals surface area (Å²) in [5.74, 6) is 0. The first-order valence-electron chi connectivity index (χ1n) is 5.13. The van der Waals surface area contributed by atoms with Gasteiger partial charge in [-0.3, -0.25) is 0 Å². The number of hydrogen-bond acceptors (Lipinski definition) is 2. The number of aliphatic hydroxyl groups is 1. The average Bonchev–Trinajstić information content (AvgIpc) is 2.02. The van der Waals surface area contributed by atoms with E-state index >= 15 is 0 Å². The Labute approximate surface area is 87.0 Å². The minimum atomic E-state index is -0.608. The van der Waals surface area contributed by atoms with Crippen molar-refractivity contribution in [1.29, 1.82) is 0 Å². The van der Waals surface area contributed by atoms with Crippen LogP contribution in [0.1, 0.15) is 46.5 Å². The largest absolute Gasteiger partial charge is 0.390 e. The Balaban J connectivity index is 3.96. The smallest absolute Gasteiger partial charge is 0.120 e. The number of rotatable bonds is 7. The van der Waals surface area contributed by atoms with Crippen molar-refractivity contribution < 1.29 is 9.90 Å². The van der Waals surface area contributed by atoms with E-state index in [1.807, 2.05) is 13.0 Å². The highest BCUT2D eigenvalue weighted by Crippen LogP contribution is 2.29. The Kier molecular flexibility index (Phi) is 5.06. The molecule has 0 aliphatic carbocycles. The quantitative estimate of drug-likeness (QED) is 0.504. The molecule has 14 heavy (non-hydrogen) atoms. The molecule has 0 amide bonds. The third-order valence-corrected chi connectivity index (χ3v) is 2.58. The predicted molar refractivity (Wildman–Crippen MR) is 59.1 cm³/mol. The second-order valence-corrected chi connectivity index (χ2v) is 4.89. The van der Waals surface area contributed by atoms with Gasteiger partial charge in [0.1, 0.15) is 6.29 Å². The van der Waals surface area contributed by atoms with E-state index in [1.54, 1.807) is 13.8 Å². The fourth-order valence-electron chi connectivity index (χ4n) is 1.40. The Bertz CT molecular complexity index is 191. The van der Waals surface area contributed by atoms with Crippen LogP contribution in [0.4, 0.5) is 0 Å². The molecule has 2 heteroatoms. The van der Waals surface area contributed by atoms with Crippen LogP contribution in [0.15, 0.2) is 12.7 Å². The van der Waals surface area contributed by atoms with Crippen molar-refractivity contribution in [3.8, 4) is 0 Å². The maximum atomic E-state index is 10.4. The van der Waals surface area contributed by atoms with E-state index in [-0.39, 0.29) is 5.41 Å². The van der Waals surface area contributed by atoms with Gasteiger partial charge in [0.15, 0.2) is 0 Å². The SMILES string of the molecule is C=C[C@@](C)(CC=O)CCCC(C)(C)O. The Morgan fingerprint density at radius 1 is 1.29 bits per heavy atom. The Morgan fingerprint density at radius 2 is 1.86 bits per heavy atom. The molecule has 0 unspecified atom stereocenters. The molecular weight excluding hydrogens is 176 g/mol. The summed E-state index contributed by atoms with van der Waals surface area (Å²) < 4.78 is 0. The molecule has 0 bridgehead atoms. The molecule has 0 aromatic heterocycles. The molecular formula is C12H22O2. The maximum absolute atomic E-state index is 10.4. The molecule has 2 nitrogen and oxygen atoms in total. The van der Waals surface area contributed by atoms with Crippen molar-refractivity contribution in [2.75, 3.05) is 0 Å². The maximum Gasteiger partial charge on any atom is 0.120 e. The van der Waals surface area contributed by atoms with Crippen molar-refractivity contribution >= 4 is 6.29 Å². The van der Waals surface area contributed by atoms with Crippen LogP contribution < -0.4 is 0 Å². The lowest BCUT2D eigenvalue weighted by Gasteiger charge is -2.25. The molecule has 0 rings (SSSR count). The second kappa shape index (κ2) is 5.30. The van der Waals surface area contributed by atoms with Crippen molar-refractivity contribution in [3.05, 3.63) is 12.7 Å². The summed E-state index contributed by atoms with van der Waals surface area (Å²) in [6, 6.07) is 0. The summed E-state index contributed by atoms with van der Waals surface area (Å²) in [6.45, 7) is 9.38. The Hall–Kier alpha value is -0.630. The molecule has 0 heterocycles. The molecule has 0 aromatic carbocycles. The molecule has 0 saturated heterocycles. The predicted octanol–water partition coefficient (Wildman–Crippen LogP) is 2.71. The number of carbonyl (C=O) groups excluding carboxylic acids is 1. The first-order chi connectivity index (χ1) is 6.33. The van der Waals surface area contributed by atoms with E-state index in [0.29, 0.717) is 6.42 Å². The van der Waals surface area contributed by atoms with Crippen LogP contribution in [-0.4, -0.2) is 17.0 Å². The third-order valence-electron chi connectivity index (χ3n) is 2.58. The standard InChI is InChI=1S/C12H22O2/c1-5-12(4,9-10-13)8-6-7-11(2,3)14/h5,10,14H,1,6-9H2,2-4H3/t12-/m1/s1. The van der Waals surface area contributed by atoms with E-state index in [0.717, 1.165) is 25.5 Å². The summed E-state index contributed by atoms with van der Waals surface area (Å²) in [5.41, 5.74) is -0.712. The molecule has 1 N–H and O–H groups in total. The van der Waals surface area contributed by atoms with Crippen molar-refractivity contribution in [2.45, 2.75) is 52.1 Å². The fourth-order valence-corrected chi connectivity index (χ4v) is 1.40. The monoisotopic (exact) mass is 198 g/mol. The lowest BCUT2D eigenvalue weighted by molar-refractivity contribution is -0.109. The van der Waals surface area contributed by atoms with Crippen LogP contribution in [-0.2, 0) is 4.79 Å². The Morgan fingerprint density at radius 3 is 2.21 bits per heavy atom. The zero-order valence-electron chi connectivity index (χ0n) is 9.55. The molecule has 0 aromatic rings. The summed E-state index contributed by atoms with van der Waals surface area (Å²) in [4.78, 5) is 10.4. The van der Waals surface area contributed by atoms with Crippen LogP contribution in [0.5, 0.6) is 0 Å².